The van der Waals surface area contributed by atoms with Gasteiger partial charge in [-0.1, -0.05) is 12.1 Å². The molecule has 3 atom stereocenters. The Morgan fingerprint density at radius 3 is 2.88 bits per heavy atom. The first-order chi connectivity index (χ1) is 16.3. The van der Waals surface area contributed by atoms with Gasteiger partial charge in [0.1, 0.15) is 30.4 Å². The van der Waals surface area contributed by atoms with Crippen molar-refractivity contribution < 1.29 is 36.9 Å². The Morgan fingerprint density at radius 1 is 1.32 bits per heavy atom. The molecule has 0 radical (unpaired) electrons. The second kappa shape index (κ2) is 8.88. The molecule has 0 N–H and O–H groups in total. The molecule has 3 fully saturated rings. The minimum atomic E-state index is -2.60. The van der Waals surface area contributed by atoms with Crippen LogP contribution in [0.25, 0.3) is 0 Å². The van der Waals surface area contributed by atoms with E-state index in [1.54, 1.807) is 17.0 Å². The number of carbonyl (C=O) groups excluding carboxylic acids is 1. The van der Waals surface area contributed by atoms with E-state index < -0.39 is 23.7 Å². The number of amides is 1. The standard InChI is InChI=1S/C24H27F3N2O5/c1-31-21-19(32-13-15-10-23(26,27)11-15)6-5-18(28-21)22(30)29-8-7-24(20(12-29)33-14-34-24)16-3-2-4-17(25)9-16/h2-4,6,9,15,18,20H,5,7-8,10-14H2,1H3. The normalized spacial score (nSPS) is 30.6. The number of ether oxygens (including phenoxy) is 4. The number of likely N-dealkylation sites (tertiary alicyclic amines) is 1. The third-order valence-electron chi connectivity index (χ3n) is 7.01. The summed E-state index contributed by atoms with van der Waals surface area (Å²) in [4.78, 5) is 19.4. The third kappa shape index (κ3) is 4.29. The summed E-state index contributed by atoms with van der Waals surface area (Å²) in [5, 5.41) is 0. The average Bonchev–Trinajstić information content (AvgIpc) is 3.25. The van der Waals surface area contributed by atoms with Crippen LogP contribution in [0, 0.1) is 11.7 Å². The lowest BCUT2D eigenvalue weighted by Gasteiger charge is -2.42. The van der Waals surface area contributed by atoms with Crippen LogP contribution in [-0.4, -0.2) is 68.4 Å². The molecular weight excluding hydrogens is 453 g/mol. The van der Waals surface area contributed by atoms with Gasteiger partial charge in [0, 0.05) is 38.1 Å². The Bertz CT molecular complexity index is 1010. The molecule has 10 heteroatoms. The highest BCUT2D eigenvalue weighted by atomic mass is 19.3. The molecule has 5 rings (SSSR count). The van der Waals surface area contributed by atoms with E-state index in [-0.39, 0.29) is 49.8 Å². The molecular formula is C24H27F3N2O5. The Hall–Kier alpha value is -2.59. The zero-order valence-corrected chi connectivity index (χ0v) is 18.8. The fourth-order valence-corrected chi connectivity index (χ4v) is 5.16. The minimum absolute atomic E-state index is 0.0784. The molecule has 3 aliphatic heterocycles. The number of carbonyl (C=O) groups is 1. The summed E-state index contributed by atoms with van der Waals surface area (Å²) in [6.45, 7) is 0.948. The first-order valence-corrected chi connectivity index (χ1v) is 11.4. The van der Waals surface area contributed by atoms with Gasteiger partial charge in [-0.25, -0.2) is 18.2 Å². The van der Waals surface area contributed by atoms with Crippen molar-refractivity contribution in [2.75, 3.05) is 33.6 Å². The minimum Gasteiger partial charge on any atom is -0.488 e. The van der Waals surface area contributed by atoms with Crippen molar-refractivity contribution in [2.45, 2.75) is 49.4 Å². The summed E-state index contributed by atoms with van der Waals surface area (Å²) in [6, 6.07) is 5.60. The first-order valence-electron chi connectivity index (χ1n) is 11.4. The van der Waals surface area contributed by atoms with E-state index in [1.807, 2.05) is 6.07 Å². The topological polar surface area (TPSA) is 69.6 Å². The summed E-state index contributed by atoms with van der Waals surface area (Å²) in [5.74, 6) is -2.76. The zero-order chi connectivity index (χ0) is 23.9. The number of alkyl halides is 2. The van der Waals surface area contributed by atoms with E-state index in [4.69, 9.17) is 18.9 Å². The monoisotopic (exact) mass is 480 g/mol. The fraction of sp³-hybridized carbons (Fsp3) is 0.583. The van der Waals surface area contributed by atoms with Crippen LogP contribution in [0.5, 0.6) is 0 Å². The highest BCUT2D eigenvalue weighted by Crippen LogP contribution is 2.44. The Balaban J connectivity index is 1.22. The molecule has 2 saturated heterocycles. The number of aliphatic imine (C=N–C) groups is 1. The number of methoxy groups -OCH3 is 1. The summed E-state index contributed by atoms with van der Waals surface area (Å²) in [7, 11) is 1.43. The van der Waals surface area contributed by atoms with Gasteiger partial charge in [-0.2, -0.15) is 0 Å². The van der Waals surface area contributed by atoms with Crippen LogP contribution in [0.4, 0.5) is 13.2 Å². The highest BCUT2D eigenvalue weighted by molar-refractivity contribution is 5.95. The molecule has 1 saturated carbocycles. The second-order valence-electron chi connectivity index (χ2n) is 9.25. The maximum atomic E-state index is 13.8. The van der Waals surface area contributed by atoms with Gasteiger partial charge in [0.05, 0.1) is 20.3 Å². The van der Waals surface area contributed by atoms with Gasteiger partial charge >= 0.3 is 0 Å². The van der Waals surface area contributed by atoms with Crippen molar-refractivity contribution in [3.8, 4) is 0 Å². The number of fused-ring (bicyclic) bond motifs is 1. The molecule has 0 spiro atoms. The van der Waals surface area contributed by atoms with E-state index in [0.717, 1.165) is 0 Å². The molecule has 184 valence electrons. The number of benzene rings is 1. The molecule has 1 aromatic carbocycles. The zero-order valence-electron chi connectivity index (χ0n) is 18.8. The number of halogens is 3. The molecule has 0 bridgehead atoms. The van der Waals surface area contributed by atoms with Crippen LogP contribution in [0.15, 0.2) is 41.1 Å². The molecule has 3 heterocycles. The van der Waals surface area contributed by atoms with Gasteiger partial charge in [-0.05, 0) is 23.8 Å². The quantitative estimate of drug-likeness (QED) is 0.646. The number of piperidine rings is 1. The van der Waals surface area contributed by atoms with Crippen molar-refractivity contribution >= 4 is 11.8 Å². The maximum absolute atomic E-state index is 13.8. The summed E-state index contributed by atoms with van der Waals surface area (Å²) in [5.41, 5.74) is -0.0838. The van der Waals surface area contributed by atoms with Gasteiger partial charge < -0.3 is 23.8 Å². The van der Waals surface area contributed by atoms with E-state index in [9.17, 15) is 18.0 Å². The van der Waals surface area contributed by atoms with Crippen LogP contribution in [0.3, 0.4) is 0 Å². The number of hydrogen-bond acceptors (Lipinski definition) is 6. The van der Waals surface area contributed by atoms with Crippen molar-refractivity contribution in [1.82, 2.24) is 4.90 Å². The lowest BCUT2D eigenvalue weighted by atomic mass is 9.82. The lowest BCUT2D eigenvalue weighted by molar-refractivity contribution is -0.139. The number of nitrogens with zero attached hydrogens (tertiary/aromatic N) is 2. The fourth-order valence-electron chi connectivity index (χ4n) is 5.16. The number of rotatable bonds is 5. The molecule has 1 amide bonds. The van der Waals surface area contributed by atoms with E-state index in [2.05, 4.69) is 4.99 Å². The maximum Gasteiger partial charge on any atom is 0.252 e. The predicted octanol–water partition coefficient (Wildman–Crippen LogP) is 3.39. The van der Waals surface area contributed by atoms with Crippen LogP contribution < -0.4 is 0 Å². The Kier molecular flexibility index (Phi) is 6.05. The molecule has 4 aliphatic rings. The molecule has 1 aromatic rings. The summed E-state index contributed by atoms with van der Waals surface area (Å²) >= 11 is 0. The number of dihydropyridines is 1. The van der Waals surface area contributed by atoms with Gasteiger partial charge in [0.2, 0.25) is 11.8 Å². The second-order valence-corrected chi connectivity index (χ2v) is 9.25. The highest BCUT2D eigenvalue weighted by Gasteiger charge is 2.52. The van der Waals surface area contributed by atoms with Gasteiger partial charge in [0.15, 0.2) is 5.76 Å². The van der Waals surface area contributed by atoms with E-state index >= 15 is 0 Å². The smallest absolute Gasteiger partial charge is 0.252 e. The Labute approximate surface area is 195 Å². The summed E-state index contributed by atoms with van der Waals surface area (Å²) < 4.78 is 62.6. The van der Waals surface area contributed by atoms with Crippen molar-refractivity contribution in [1.29, 1.82) is 0 Å². The van der Waals surface area contributed by atoms with Gasteiger partial charge in [-0.15, -0.1) is 0 Å². The number of hydrogen-bond donors (Lipinski definition) is 0. The Morgan fingerprint density at radius 2 is 2.15 bits per heavy atom. The molecule has 1 aliphatic carbocycles. The average molecular weight is 480 g/mol. The molecule has 0 aromatic heterocycles. The first kappa shape index (κ1) is 23.2. The SMILES string of the molecule is COC1=NC(C(=O)N2CCC3(c4cccc(F)c4)OCOC3C2)CC=C1OCC1CC(F)(F)C1. The van der Waals surface area contributed by atoms with Crippen LogP contribution >= 0.6 is 0 Å². The predicted molar refractivity (Wildman–Crippen MR) is 115 cm³/mol. The van der Waals surface area contributed by atoms with Crippen LogP contribution in [-0.2, 0) is 29.3 Å². The van der Waals surface area contributed by atoms with Crippen LogP contribution in [0.1, 0.15) is 31.2 Å². The molecule has 3 unspecified atom stereocenters. The van der Waals surface area contributed by atoms with Crippen molar-refractivity contribution in [3.63, 3.8) is 0 Å². The van der Waals surface area contributed by atoms with E-state index in [0.29, 0.717) is 37.3 Å². The van der Waals surface area contributed by atoms with Crippen molar-refractivity contribution in [3.05, 3.63) is 47.5 Å². The van der Waals surface area contributed by atoms with Gasteiger partial charge in [-0.3, -0.25) is 4.79 Å². The molecule has 34 heavy (non-hydrogen) atoms. The third-order valence-corrected chi connectivity index (χ3v) is 7.01. The van der Waals surface area contributed by atoms with Crippen LogP contribution in [0.2, 0.25) is 0 Å². The van der Waals surface area contributed by atoms with Crippen molar-refractivity contribution in [2.24, 2.45) is 10.9 Å². The lowest BCUT2D eigenvalue weighted by Crippen LogP contribution is -2.55. The largest absolute Gasteiger partial charge is 0.488 e. The van der Waals surface area contributed by atoms with Gasteiger partial charge in [0.25, 0.3) is 5.90 Å². The summed E-state index contributed by atoms with van der Waals surface area (Å²) in [6.07, 6.45) is 1.73. The molecule has 7 nitrogen and oxygen atoms in total. The van der Waals surface area contributed by atoms with E-state index in [1.165, 1.54) is 19.2 Å².